The predicted molar refractivity (Wildman–Crippen MR) is 46.7 cm³/mol. The lowest BCUT2D eigenvalue weighted by Gasteiger charge is -2.20. The van der Waals surface area contributed by atoms with E-state index in [1.807, 2.05) is 0 Å². The van der Waals surface area contributed by atoms with Crippen molar-refractivity contribution in [2.45, 2.75) is 20.8 Å². The molecule has 1 aliphatic rings. The van der Waals surface area contributed by atoms with Crippen molar-refractivity contribution in [3.05, 3.63) is 23.3 Å². The van der Waals surface area contributed by atoms with Gasteiger partial charge in [-0.05, 0) is 19.4 Å². The van der Waals surface area contributed by atoms with Crippen LogP contribution in [0.15, 0.2) is 23.3 Å². The molecule has 12 heavy (non-hydrogen) atoms. The van der Waals surface area contributed by atoms with Gasteiger partial charge in [0.2, 0.25) is 0 Å². The van der Waals surface area contributed by atoms with Gasteiger partial charge in [-0.25, -0.2) is 0 Å². The molecule has 1 aliphatic carbocycles. The largest absolute Gasteiger partial charge is 0.294 e. The van der Waals surface area contributed by atoms with Gasteiger partial charge < -0.3 is 0 Å². The molecule has 2 heteroatoms. The molecule has 0 fully saturated rings. The summed E-state index contributed by atoms with van der Waals surface area (Å²) >= 11 is 0. The summed E-state index contributed by atoms with van der Waals surface area (Å²) in [6.07, 6.45) is 0. The third-order valence-corrected chi connectivity index (χ3v) is 2.48. The van der Waals surface area contributed by atoms with Gasteiger partial charge in [-0.15, -0.1) is 0 Å². The summed E-state index contributed by atoms with van der Waals surface area (Å²) in [4.78, 5) is 22.8. The second-order valence-corrected chi connectivity index (χ2v) is 3.19. The summed E-state index contributed by atoms with van der Waals surface area (Å²) in [5, 5.41) is 0. The Morgan fingerprint density at radius 3 is 2.17 bits per heavy atom. The van der Waals surface area contributed by atoms with Gasteiger partial charge in [-0.3, -0.25) is 9.59 Å². The van der Waals surface area contributed by atoms with Crippen LogP contribution >= 0.6 is 0 Å². The Morgan fingerprint density at radius 2 is 1.67 bits per heavy atom. The third kappa shape index (κ3) is 1.04. The van der Waals surface area contributed by atoms with Crippen molar-refractivity contribution in [2.75, 3.05) is 0 Å². The molecule has 0 spiro atoms. The van der Waals surface area contributed by atoms with E-state index in [1.165, 1.54) is 0 Å². The minimum absolute atomic E-state index is 0.0251. The molecule has 0 aromatic carbocycles. The maximum Gasteiger partial charge on any atom is 0.185 e. The lowest BCUT2D eigenvalue weighted by Crippen LogP contribution is -2.26. The maximum absolute atomic E-state index is 11.4. The van der Waals surface area contributed by atoms with Crippen molar-refractivity contribution >= 4 is 11.6 Å². The summed E-state index contributed by atoms with van der Waals surface area (Å²) in [7, 11) is 0. The van der Waals surface area contributed by atoms with Crippen LogP contribution in [0.4, 0.5) is 0 Å². The number of carbonyl (C=O) groups excluding carboxylic acids is 2. The Kier molecular flexibility index (Phi) is 2.01. The number of Topliss-reactive ketones (excluding diaryl/α,β-unsaturated/α-hetero) is 2. The normalized spacial score (nSPS) is 25.2. The van der Waals surface area contributed by atoms with Crippen LogP contribution in [0.25, 0.3) is 0 Å². The molecule has 0 saturated carbocycles. The molecule has 0 aromatic heterocycles. The van der Waals surface area contributed by atoms with E-state index < -0.39 is 0 Å². The SMILES string of the molecule is C=C1C(=O)C(C)=C(C)C(=O)C1C. The molecule has 0 bridgehead atoms. The van der Waals surface area contributed by atoms with Crippen LogP contribution in [0.2, 0.25) is 0 Å². The lowest BCUT2D eigenvalue weighted by atomic mass is 9.81. The Hall–Kier alpha value is -1.18. The van der Waals surface area contributed by atoms with E-state index in [2.05, 4.69) is 6.58 Å². The summed E-state index contributed by atoms with van der Waals surface area (Å²) < 4.78 is 0. The maximum atomic E-state index is 11.4. The van der Waals surface area contributed by atoms with Gasteiger partial charge in [0.25, 0.3) is 0 Å². The predicted octanol–water partition coefficient (Wildman–Crippen LogP) is 1.67. The van der Waals surface area contributed by atoms with E-state index in [9.17, 15) is 9.59 Å². The van der Waals surface area contributed by atoms with Crippen LogP contribution in [0.1, 0.15) is 20.8 Å². The van der Waals surface area contributed by atoms with E-state index in [-0.39, 0.29) is 17.5 Å². The molecule has 0 radical (unpaired) electrons. The second-order valence-electron chi connectivity index (χ2n) is 3.19. The van der Waals surface area contributed by atoms with Gasteiger partial charge in [-0.1, -0.05) is 13.5 Å². The fourth-order valence-corrected chi connectivity index (χ4v) is 1.28. The van der Waals surface area contributed by atoms with E-state index in [1.54, 1.807) is 20.8 Å². The highest BCUT2D eigenvalue weighted by Gasteiger charge is 2.30. The smallest absolute Gasteiger partial charge is 0.185 e. The molecule has 0 N–H and O–H groups in total. The van der Waals surface area contributed by atoms with Crippen LogP contribution < -0.4 is 0 Å². The Labute approximate surface area is 72.0 Å². The standard InChI is InChI=1S/C10H12O2/c1-5-6(2)10(12)8(4)7(3)9(5)11/h6H,1H2,2-4H3. The van der Waals surface area contributed by atoms with E-state index in [4.69, 9.17) is 0 Å². The number of hydrogen-bond acceptors (Lipinski definition) is 2. The number of ketones is 2. The third-order valence-electron chi connectivity index (χ3n) is 2.48. The molecule has 1 rings (SSSR count). The number of carbonyl (C=O) groups is 2. The first-order chi connectivity index (χ1) is 5.46. The van der Waals surface area contributed by atoms with Crippen LogP contribution in [0.3, 0.4) is 0 Å². The van der Waals surface area contributed by atoms with Crippen molar-refractivity contribution < 1.29 is 9.59 Å². The van der Waals surface area contributed by atoms with Crippen molar-refractivity contribution in [3.63, 3.8) is 0 Å². The van der Waals surface area contributed by atoms with Gasteiger partial charge in [-0.2, -0.15) is 0 Å². The van der Waals surface area contributed by atoms with Gasteiger partial charge in [0.1, 0.15) is 0 Å². The van der Waals surface area contributed by atoms with Gasteiger partial charge in [0, 0.05) is 17.1 Å². The first-order valence-corrected chi connectivity index (χ1v) is 3.92. The highest BCUT2D eigenvalue weighted by atomic mass is 16.1. The van der Waals surface area contributed by atoms with Gasteiger partial charge in [0.05, 0.1) is 0 Å². The van der Waals surface area contributed by atoms with Crippen molar-refractivity contribution in [2.24, 2.45) is 5.92 Å². The lowest BCUT2D eigenvalue weighted by molar-refractivity contribution is -0.122. The average molecular weight is 164 g/mol. The number of hydrogen-bond donors (Lipinski definition) is 0. The number of rotatable bonds is 0. The van der Waals surface area contributed by atoms with Crippen molar-refractivity contribution in [1.82, 2.24) is 0 Å². The molecule has 64 valence electrons. The zero-order valence-corrected chi connectivity index (χ0v) is 7.60. The molecular weight excluding hydrogens is 152 g/mol. The Bertz CT molecular complexity index is 308. The van der Waals surface area contributed by atoms with Crippen LogP contribution in [0, 0.1) is 5.92 Å². The van der Waals surface area contributed by atoms with E-state index >= 15 is 0 Å². The molecular formula is C10H12O2. The minimum atomic E-state index is -0.332. The van der Waals surface area contributed by atoms with Crippen LogP contribution in [-0.4, -0.2) is 11.6 Å². The van der Waals surface area contributed by atoms with Gasteiger partial charge >= 0.3 is 0 Å². The van der Waals surface area contributed by atoms with Crippen LogP contribution in [0.5, 0.6) is 0 Å². The zero-order chi connectivity index (χ0) is 9.46. The highest BCUT2D eigenvalue weighted by molar-refractivity contribution is 6.20. The highest BCUT2D eigenvalue weighted by Crippen LogP contribution is 2.26. The Balaban J connectivity index is 3.27. The molecule has 0 heterocycles. The monoisotopic (exact) mass is 164 g/mol. The molecule has 0 saturated heterocycles. The Morgan fingerprint density at radius 1 is 1.17 bits per heavy atom. The number of allylic oxidation sites excluding steroid dienone is 3. The minimum Gasteiger partial charge on any atom is -0.294 e. The molecule has 0 amide bonds. The van der Waals surface area contributed by atoms with Crippen molar-refractivity contribution in [3.8, 4) is 0 Å². The van der Waals surface area contributed by atoms with Crippen LogP contribution in [-0.2, 0) is 9.59 Å². The first-order valence-electron chi connectivity index (χ1n) is 3.92. The summed E-state index contributed by atoms with van der Waals surface area (Å²) in [5.74, 6) is -0.377. The summed E-state index contributed by atoms with van der Waals surface area (Å²) in [6, 6.07) is 0. The van der Waals surface area contributed by atoms with Crippen molar-refractivity contribution in [1.29, 1.82) is 0 Å². The summed E-state index contributed by atoms with van der Waals surface area (Å²) in [5.41, 5.74) is 1.55. The molecule has 0 aromatic rings. The molecule has 1 unspecified atom stereocenters. The quantitative estimate of drug-likeness (QED) is 0.510. The van der Waals surface area contributed by atoms with Gasteiger partial charge in [0.15, 0.2) is 11.6 Å². The fraction of sp³-hybridized carbons (Fsp3) is 0.400. The molecule has 2 nitrogen and oxygen atoms in total. The fourth-order valence-electron chi connectivity index (χ4n) is 1.28. The van der Waals surface area contributed by atoms with E-state index in [0.717, 1.165) is 0 Å². The summed E-state index contributed by atoms with van der Waals surface area (Å²) in [6.45, 7) is 8.69. The first kappa shape index (κ1) is 8.91. The molecule has 0 aliphatic heterocycles. The zero-order valence-electron chi connectivity index (χ0n) is 7.60. The average Bonchev–Trinajstić information content (AvgIpc) is 2.08. The van der Waals surface area contributed by atoms with E-state index in [0.29, 0.717) is 16.7 Å². The molecule has 1 atom stereocenters. The second kappa shape index (κ2) is 2.70. The topological polar surface area (TPSA) is 34.1 Å².